The quantitative estimate of drug-likeness (QED) is 0.630. The lowest BCUT2D eigenvalue weighted by Crippen LogP contribution is -2.23. The molecule has 0 aliphatic carbocycles. The summed E-state index contributed by atoms with van der Waals surface area (Å²) in [6.45, 7) is 5.40. The first-order valence-corrected chi connectivity index (χ1v) is 7.90. The zero-order valence-electron chi connectivity index (χ0n) is 13.0. The monoisotopic (exact) mass is 365 g/mol. The van der Waals surface area contributed by atoms with Crippen molar-refractivity contribution in [1.29, 1.82) is 0 Å². The number of carbonyl (C=O) groups excluding carboxylic acids is 1. The standard InChI is InChI=1S/C15H20BrN5O/c1-11-15(16)12(2)21(19-11)8-4-7-17-14(22)6-5-13-9-18-20(3)10-13/h5-6,9-10H,4,7-8H2,1-3H3,(H,17,22)/b6-5+. The van der Waals surface area contributed by atoms with Gasteiger partial charge in [0.15, 0.2) is 0 Å². The Morgan fingerprint density at radius 3 is 2.82 bits per heavy atom. The van der Waals surface area contributed by atoms with Gasteiger partial charge in [-0.25, -0.2) is 0 Å². The van der Waals surface area contributed by atoms with Crippen LogP contribution in [0.3, 0.4) is 0 Å². The summed E-state index contributed by atoms with van der Waals surface area (Å²) in [7, 11) is 1.84. The summed E-state index contributed by atoms with van der Waals surface area (Å²) in [5, 5.41) is 11.3. The summed E-state index contributed by atoms with van der Waals surface area (Å²) in [5.74, 6) is -0.0987. The molecule has 0 atom stereocenters. The highest BCUT2D eigenvalue weighted by Crippen LogP contribution is 2.19. The number of carbonyl (C=O) groups is 1. The molecule has 0 bridgehead atoms. The normalized spacial score (nSPS) is 11.3. The van der Waals surface area contributed by atoms with Crippen molar-refractivity contribution in [3.05, 3.63) is 39.9 Å². The van der Waals surface area contributed by atoms with Gasteiger partial charge in [0.25, 0.3) is 0 Å². The van der Waals surface area contributed by atoms with Crippen LogP contribution in [0.2, 0.25) is 0 Å². The zero-order chi connectivity index (χ0) is 16.1. The molecule has 0 aliphatic heterocycles. The highest BCUT2D eigenvalue weighted by Gasteiger charge is 2.07. The first-order chi connectivity index (χ1) is 10.5. The number of aryl methyl sites for hydroxylation is 3. The Bertz CT molecular complexity index is 686. The molecule has 118 valence electrons. The zero-order valence-corrected chi connectivity index (χ0v) is 14.6. The van der Waals surface area contributed by atoms with Gasteiger partial charge in [-0.05, 0) is 42.3 Å². The van der Waals surface area contributed by atoms with E-state index in [2.05, 4.69) is 31.4 Å². The molecular weight excluding hydrogens is 346 g/mol. The van der Waals surface area contributed by atoms with Crippen molar-refractivity contribution in [3.63, 3.8) is 0 Å². The lowest BCUT2D eigenvalue weighted by molar-refractivity contribution is -0.116. The van der Waals surface area contributed by atoms with Crippen molar-refractivity contribution in [2.45, 2.75) is 26.8 Å². The van der Waals surface area contributed by atoms with Crippen LogP contribution in [0.15, 0.2) is 22.9 Å². The molecule has 7 heteroatoms. The molecule has 0 spiro atoms. The molecule has 0 unspecified atom stereocenters. The van der Waals surface area contributed by atoms with Gasteiger partial charge >= 0.3 is 0 Å². The summed E-state index contributed by atoms with van der Waals surface area (Å²) < 4.78 is 4.71. The molecule has 2 heterocycles. The Kier molecular flexibility index (Phi) is 5.54. The van der Waals surface area contributed by atoms with Crippen molar-refractivity contribution in [2.24, 2.45) is 7.05 Å². The Morgan fingerprint density at radius 1 is 1.45 bits per heavy atom. The Morgan fingerprint density at radius 2 is 2.23 bits per heavy atom. The Hall–Kier alpha value is -1.89. The molecule has 0 fully saturated rings. The fourth-order valence-corrected chi connectivity index (χ4v) is 2.37. The van der Waals surface area contributed by atoms with E-state index in [-0.39, 0.29) is 5.91 Å². The molecular formula is C15H20BrN5O. The summed E-state index contributed by atoms with van der Waals surface area (Å²) >= 11 is 3.51. The number of hydrogen-bond donors (Lipinski definition) is 1. The summed E-state index contributed by atoms with van der Waals surface area (Å²) in [5.41, 5.74) is 3.01. The number of rotatable bonds is 6. The second-order valence-electron chi connectivity index (χ2n) is 5.13. The molecule has 2 aromatic rings. The van der Waals surface area contributed by atoms with E-state index >= 15 is 0 Å². The minimum atomic E-state index is -0.0987. The number of amides is 1. The minimum Gasteiger partial charge on any atom is -0.352 e. The van der Waals surface area contributed by atoms with E-state index in [1.807, 2.05) is 31.8 Å². The Labute approximate surface area is 138 Å². The van der Waals surface area contributed by atoms with Crippen LogP contribution in [0.25, 0.3) is 6.08 Å². The molecule has 0 saturated heterocycles. The number of aromatic nitrogens is 4. The van der Waals surface area contributed by atoms with Crippen LogP contribution in [0.4, 0.5) is 0 Å². The van der Waals surface area contributed by atoms with Crippen LogP contribution < -0.4 is 5.32 Å². The van der Waals surface area contributed by atoms with Crippen molar-refractivity contribution in [1.82, 2.24) is 24.9 Å². The van der Waals surface area contributed by atoms with Crippen LogP contribution >= 0.6 is 15.9 Å². The molecule has 2 rings (SSSR count). The van der Waals surface area contributed by atoms with Gasteiger partial charge in [-0.15, -0.1) is 0 Å². The first-order valence-electron chi connectivity index (χ1n) is 7.11. The maximum Gasteiger partial charge on any atom is 0.244 e. The predicted octanol–water partition coefficient (Wildman–Crippen LogP) is 2.22. The number of halogens is 1. The molecule has 0 aromatic carbocycles. The Balaban J connectivity index is 1.73. The third-order valence-electron chi connectivity index (χ3n) is 3.29. The van der Waals surface area contributed by atoms with E-state index in [1.165, 1.54) is 6.08 Å². The molecule has 0 radical (unpaired) electrons. The van der Waals surface area contributed by atoms with Gasteiger partial charge in [0, 0.05) is 43.7 Å². The van der Waals surface area contributed by atoms with Gasteiger partial charge in [-0.3, -0.25) is 14.2 Å². The fourth-order valence-electron chi connectivity index (χ4n) is 2.09. The average Bonchev–Trinajstić information content (AvgIpc) is 3.01. The second-order valence-corrected chi connectivity index (χ2v) is 5.93. The van der Waals surface area contributed by atoms with Crippen LogP contribution in [-0.2, 0) is 18.4 Å². The van der Waals surface area contributed by atoms with Crippen molar-refractivity contribution in [3.8, 4) is 0 Å². The molecule has 1 amide bonds. The topological polar surface area (TPSA) is 64.7 Å². The van der Waals surface area contributed by atoms with Crippen LogP contribution in [-0.4, -0.2) is 32.0 Å². The summed E-state index contributed by atoms with van der Waals surface area (Å²) in [6, 6.07) is 0. The summed E-state index contributed by atoms with van der Waals surface area (Å²) in [4.78, 5) is 11.7. The van der Waals surface area contributed by atoms with Crippen LogP contribution in [0.1, 0.15) is 23.4 Å². The lowest BCUT2D eigenvalue weighted by Gasteiger charge is -2.05. The van der Waals surface area contributed by atoms with Crippen LogP contribution in [0.5, 0.6) is 0 Å². The smallest absolute Gasteiger partial charge is 0.244 e. The largest absolute Gasteiger partial charge is 0.352 e. The summed E-state index contributed by atoms with van der Waals surface area (Å²) in [6.07, 6.45) is 7.67. The average molecular weight is 366 g/mol. The highest BCUT2D eigenvalue weighted by atomic mass is 79.9. The van der Waals surface area contributed by atoms with Gasteiger partial charge in [0.1, 0.15) is 0 Å². The third kappa shape index (κ3) is 4.30. The molecule has 0 aliphatic rings. The van der Waals surface area contributed by atoms with E-state index in [1.54, 1.807) is 17.0 Å². The first kappa shape index (κ1) is 16.5. The van der Waals surface area contributed by atoms with Gasteiger partial charge in [-0.2, -0.15) is 10.2 Å². The fraction of sp³-hybridized carbons (Fsp3) is 0.400. The van der Waals surface area contributed by atoms with Gasteiger partial charge in [0.2, 0.25) is 5.91 Å². The molecule has 2 aromatic heterocycles. The van der Waals surface area contributed by atoms with Gasteiger partial charge in [-0.1, -0.05) is 0 Å². The third-order valence-corrected chi connectivity index (χ3v) is 4.44. The number of nitrogens with zero attached hydrogens (tertiary/aromatic N) is 4. The SMILES string of the molecule is Cc1nn(CCCNC(=O)/C=C/c2cnn(C)c2)c(C)c1Br. The van der Waals surface area contributed by atoms with Crippen LogP contribution in [0, 0.1) is 13.8 Å². The maximum atomic E-state index is 11.7. The van der Waals surface area contributed by atoms with E-state index in [0.29, 0.717) is 6.54 Å². The van der Waals surface area contributed by atoms with E-state index in [0.717, 1.165) is 34.4 Å². The minimum absolute atomic E-state index is 0.0987. The van der Waals surface area contributed by atoms with E-state index in [4.69, 9.17) is 0 Å². The number of hydrogen-bond acceptors (Lipinski definition) is 3. The highest BCUT2D eigenvalue weighted by molar-refractivity contribution is 9.10. The predicted molar refractivity (Wildman–Crippen MR) is 89.3 cm³/mol. The van der Waals surface area contributed by atoms with E-state index < -0.39 is 0 Å². The molecule has 1 N–H and O–H groups in total. The lowest BCUT2D eigenvalue weighted by atomic mass is 10.3. The van der Waals surface area contributed by atoms with Crippen molar-refractivity contribution < 1.29 is 4.79 Å². The molecule has 6 nitrogen and oxygen atoms in total. The molecule has 0 saturated carbocycles. The maximum absolute atomic E-state index is 11.7. The van der Waals surface area contributed by atoms with Gasteiger partial charge < -0.3 is 5.32 Å². The molecule has 22 heavy (non-hydrogen) atoms. The van der Waals surface area contributed by atoms with Crippen molar-refractivity contribution >= 4 is 27.9 Å². The number of nitrogens with one attached hydrogen (secondary N) is 1. The van der Waals surface area contributed by atoms with Crippen molar-refractivity contribution in [2.75, 3.05) is 6.54 Å². The van der Waals surface area contributed by atoms with Gasteiger partial charge in [0.05, 0.1) is 16.4 Å². The van der Waals surface area contributed by atoms with E-state index in [9.17, 15) is 4.79 Å². The second kappa shape index (κ2) is 7.40.